The van der Waals surface area contributed by atoms with Gasteiger partial charge in [-0.25, -0.2) is 5.43 Å². The lowest BCUT2D eigenvalue weighted by atomic mass is 9.98. The number of aromatic amines is 1. The summed E-state index contributed by atoms with van der Waals surface area (Å²) in [5, 5.41) is 14.6. The Balaban J connectivity index is 1.38. The van der Waals surface area contributed by atoms with Gasteiger partial charge in [0.15, 0.2) is 0 Å². The smallest absolute Gasteiger partial charge is 0.272 e. The Kier molecular flexibility index (Phi) is 4.77. The molecule has 1 aromatic heterocycles. The highest BCUT2D eigenvalue weighted by atomic mass is 35.5. The number of carbonyl (C=O) groups excluding carboxylic acids is 1. The van der Waals surface area contributed by atoms with Gasteiger partial charge >= 0.3 is 0 Å². The van der Waals surface area contributed by atoms with Gasteiger partial charge in [0.1, 0.15) is 5.69 Å². The molecule has 4 aromatic rings. The Labute approximate surface area is 182 Å². The predicted molar refractivity (Wildman–Crippen MR) is 120 cm³/mol. The Morgan fingerprint density at radius 1 is 1.07 bits per heavy atom. The average Bonchev–Trinajstić information content (AvgIpc) is 3.39. The first-order valence-electron chi connectivity index (χ1n) is 9.48. The van der Waals surface area contributed by atoms with Crippen LogP contribution in [0, 0.1) is 0 Å². The molecule has 0 aliphatic heterocycles. The molecule has 1 heterocycles. The SMILES string of the molecule is O=C(N/N=C\c1ccc(Cl)cc1Cl)c1cc(-c2ccc3c4c(cccc24)CC3)n[nH]1. The first-order chi connectivity index (χ1) is 14.6. The van der Waals surface area contributed by atoms with Crippen molar-refractivity contribution in [3.8, 4) is 11.3 Å². The van der Waals surface area contributed by atoms with E-state index in [2.05, 4.69) is 51.1 Å². The van der Waals surface area contributed by atoms with Crippen molar-refractivity contribution in [3.05, 3.63) is 87.0 Å². The number of H-pyrrole nitrogens is 1. The van der Waals surface area contributed by atoms with Crippen LogP contribution in [0.15, 0.2) is 59.7 Å². The third kappa shape index (κ3) is 3.36. The number of hydrogen-bond acceptors (Lipinski definition) is 3. The third-order valence-corrected chi connectivity index (χ3v) is 5.87. The van der Waals surface area contributed by atoms with Crippen LogP contribution in [0.25, 0.3) is 22.0 Å². The van der Waals surface area contributed by atoms with Crippen LogP contribution in [0.3, 0.4) is 0 Å². The van der Waals surface area contributed by atoms with Gasteiger partial charge in [-0.05, 0) is 52.9 Å². The van der Waals surface area contributed by atoms with Gasteiger partial charge in [0.2, 0.25) is 0 Å². The van der Waals surface area contributed by atoms with Crippen LogP contribution in [0.4, 0.5) is 0 Å². The van der Waals surface area contributed by atoms with Crippen molar-refractivity contribution in [2.75, 3.05) is 0 Å². The minimum absolute atomic E-state index is 0.326. The zero-order valence-corrected chi connectivity index (χ0v) is 17.3. The van der Waals surface area contributed by atoms with E-state index in [9.17, 15) is 4.79 Å². The number of carbonyl (C=O) groups is 1. The molecule has 0 radical (unpaired) electrons. The Hall–Kier alpha value is -3.15. The molecule has 2 N–H and O–H groups in total. The average molecular weight is 435 g/mol. The molecule has 0 fully saturated rings. The van der Waals surface area contributed by atoms with E-state index in [-0.39, 0.29) is 5.91 Å². The zero-order chi connectivity index (χ0) is 20.7. The summed E-state index contributed by atoms with van der Waals surface area (Å²) in [6.07, 6.45) is 3.61. The van der Waals surface area contributed by atoms with Crippen molar-refractivity contribution < 1.29 is 4.79 Å². The van der Waals surface area contributed by atoms with Crippen molar-refractivity contribution in [1.29, 1.82) is 0 Å². The highest BCUT2D eigenvalue weighted by Gasteiger charge is 2.18. The molecule has 7 heteroatoms. The minimum atomic E-state index is -0.388. The summed E-state index contributed by atoms with van der Waals surface area (Å²) in [5.41, 5.74) is 7.93. The van der Waals surface area contributed by atoms with E-state index in [1.54, 1.807) is 24.3 Å². The number of rotatable bonds is 4. The second-order valence-corrected chi connectivity index (χ2v) is 7.99. The fourth-order valence-corrected chi connectivity index (χ4v) is 4.33. The van der Waals surface area contributed by atoms with Gasteiger partial charge < -0.3 is 0 Å². The quantitative estimate of drug-likeness (QED) is 0.333. The number of hydrazone groups is 1. The lowest BCUT2D eigenvalue weighted by Crippen LogP contribution is -2.18. The van der Waals surface area contributed by atoms with Crippen LogP contribution in [0.1, 0.15) is 27.2 Å². The first kappa shape index (κ1) is 18.9. The number of hydrogen-bond donors (Lipinski definition) is 2. The van der Waals surface area contributed by atoms with Gasteiger partial charge in [-0.1, -0.05) is 59.6 Å². The number of benzene rings is 3. The van der Waals surface area contributed by atoms with Crippen molar-refractivity contribution in [3.63, 3.8) is 0 Å². The molecule has 5 rings (SSSR count). The number of amides is 1. The topological polar surface area (TPSA) is 70.1 Å². The number of aromatic nitrogens is 2. The molecule has 0 atom stereocenters. The van der Waals surface area contributed by atoms with Gasteiger partial charge in [-0.3, -0.25) is 9.89 Å². The molecule has 148 valence electrons. The van der Waals surface area contributed by atoms with Crippen molar-refractivity contribution >= 4 is 46.1 Å². The third-order valence-electron chi connectivity index (χ3n) is 5.31. The van der Waals surface area contributed by atoms with Crippen LogP contribution in [0.2, 0.25) is 10.0 Å². The number of nitrogens with one attached hydrogen (secondary N) is 2. The zero-order valence-electron chi connectivity index (χ0n) is 15.7. The van der Waals surface area contributed by atoms with Gasteiger partial charge in [0.05, 0.1) is 16.9 Å². The number of nitrogens with zero attached hydrogens (tertiary/aromatic N) is 2. The van der Waals surface area contributed by atoms with Crippen LogP contribution < -0.4 is 5.43 Å². The summed E-state index contributed by atoms with van der Waals surface area (Å²) in [7, 11) is 0. The molecule has 0 bridgehead atoms. The second kappa shape index (κ2) is 7.59. The largest absolute Gasteiger partial charge is 0.289 e. The molecule has 0 saturated carbocycles. The monoisotopic (exact) mass is 434 g/mol. The van der Waals surface area contributed by atoms with E-state index in [1.807, 2.05) is 0 Å². The van der Waals surface area contributed by atoms with Crippen molar-refractivity contribution in [2.45, 2.75) is 12.8 Å². The van der Waals surface area contributed by atoms with Crippen LogP contribution >= 0.6 is 23.2 Å². The molecule has 0 unspecified atom stereocenters. The Bertz CT molecular complexity index is 1320. The van der Waals surface area contributed by atoms with Gasteiger partial charge in [-0.15, -0.1) is 0 Å². The summed E-state index contributed by atoms with van der Waals surface area (Å²) in [6, 6.07) is 17.4. The van der Waals surface area contributed by atoms with Crippen LogP contribution in [-0.4, -0.2) is 22.3 Å². The highest BCUT2D eigenvalue weighted by Crippen LogP contribution is 2.36. The number of aryl methyl sites for hydroxylation is 2. The van der Waals surface area contributed by atoms with E-state index in [0.29, 0.717) is 21.3 Å². The fourth-order valence-electron chi connectivity index (χ4n) is 3.87. The molecule has 5 nitrogen and oxygen atoms in total. The molecule has 1 aliphatic rings. The van der Waals surface area contributed by atoms with E-state index in [4.69, 9.17) is 23.2 Å². The standard InChI is InChI=1S/C23H16Cl2N4O/c24-16-8-6-15(19(25)10-16)12-26-29-23(30)21-11-20(27-28-21)17-9-7-14-5-4-13-2-1-3-18(17)22(13)14/h1-3,6-12H,4-5H2,(H,27,28)(H,29,30)/b26-12-. The maximum absolute atomic E-state index is 12.5. The number of halogens is 2. The van der Waals surface area contributed by atoms with Gasteiger partial charge in [0, 0.05) is 16.1 Å². The van der Waals surface area contributed by atoms with Crippen molar-refractivity contribution in [1.82, 2.24) is 15.6 Å². The molecule has 1 aliphatic carbocycles. The highest BCUT2D eigenvalue weighted by molar-refractivity contribution is 6.36. The van der Waals surface area contributed by atoms with Gasteiger partial charge in [0.25, 0.3) is 5.91 Å². The summed E-state index contributed by atoms with van der Waals surface area (Å²) in [6.45, 7) is 0. The van der Waals surface area contributed by atoms with Crippen molar-refractivity contribution in [2.24, 2.45) is 5.10 Å². The fraction of sp³-hybridized carbons (Fsp3) is 0.0870. The Morgan fingerprint density at radius 3 is 2.73 bits per heavy atom. The lowest BCUT2D eigenvalue weighted by molar-refractivity contribution is 0.0950. The van der Waals surface area contributed by atoms with Gasteiger partial charge in [-0.2, -0.15) is 10.2 Å². The predicted octanol–water partition coefficient (Wildman–Crippen LogP) is 5.40. The summed E-state index contributed by atoms with van der Waals surface area (Å²) < 4.78 is 0. The summed E-state index contributed by atoms with van der Waals surface area (Å²) >= 11 is 12.0. The molecule has 1 amide bonds. The normalized spacial score (nSPS) is 12.7. The van der Waals surface area contributed by atoms with E-state index in [0.717, 1.165) is 29.5 Å². The summed E-state index contributed by atoms with van der Waals surface area (Å²) in [5.74, 6) is -0.388. The first-order valence-corrected chi connectivity index (χ1v) is 10.2. The molecular formula is C23H16Cl2N4O. The molecule has 30 heavy (non-hydrogen) atoms. The molecule has 3 aromatic carbocycles. The maximum atomic E-state index is 12.5. The minimum Gasteiger partial charge on any atom is -0.272 e. The second-order valence-electron chi connectivity index (χ2n) is 7.14. The van der Waals surface area contributed by atoms with E-state index < -0.39 is 0 Å². The van der Waals surface area contributed by atoms with E-state index >= 15 is 0 Å². The molecule has 0 spiro atoms. The summed E-state index contributed by atoms with van der Waals surface area (Å²) in [4.78, 5) is 12.5. The lowest BCUT2D eigenvalue weighted by Gasteiger charge is -2.06. The maximum Gasteiger partial charge on any atom is 0.289 e. The Morgan fingerprint density at radius 2 is 1.90 bits per heavy atom. The van der Waals surface area contributed by atoms with Crippen LogP contribution in [0.5, 0.6) is 0 Å². The molecular weight excluding hydrogens is 419 g/mol. The van der Waals surface area contributed by atoms with E-state index in [1.165, 1.54) is 22.7 Å². The van der Waals surface area contributed by atoms with Crippen LogP contribution in [-0.2, 0) is 12.8 Å². The molecule has 0 saturated heterocycles.